The van der Waals surface area contributed by atoms with Crippen LogP contribution < -0.4 is 4.74 Å². The van der Waals surface area contributed by atoms with Crippen molar-refractivity contribution in [3.63, 3.8) is 0 Å². The quantitative estimate of drug-likeness (QED) is 0.590. The van der Waals surface area contributed by atoms with Crippen molar-refractivity contribution in [2.75, 3.05) is 11.9 Å². The predicted molar refractivity (Wildman–Crippen MR) is 72.2 cm³/mol. The number of ether oxygens (including phenoxy) is 1. The molecule has 1 aromatic carbocycles. The van der Waals surface area contributed by atoms with Gasteiger partial charge in [0.15, 0.2) is 5.78 Å². The van der Waals surface area contributed by atoms with Gasteiger partial charge < -0.3 is 4.74 Å². The molecule has 0 heterocycles. The summed E-state index contributed by atoms with van der Waals surface area (Å²) >= 11 is 3.41. The Morgan fingerprint density at radius 1 is 1.18 bits per heavy atom. The third kappa shape index (κ3) is 3.32. The highest BCUT2D eigenvalue weighted by Gasteiger charge is 2.19. The molecule has 0 atom stereocenters. The second-order valence-electron chi connectivity index (χ2n) is 4.34. The molecule has 0 amide bonds. The zero-order valence-electron chi connectivity index (χ0n) is 9.88. The first kappa shape index (κ1) is 12.6. The maximum Gasteiger partial charge on any atom is 0.163 e. The molecule has 0 aliphatic heterocycles. The molecule has 0 radical (unpaired) electrons. The Hall–Kier alpha value is -0.830. The van der Waals surface area contributed by atoms with Crippen molar-refractivity contribution < 1.29 is 9.53 Å². The lowest BCUT2D eigenvalue weighted by Gasteiger charge is -2.07. The van der Waals surface area contributed by atoms with Crippen molar-refractivity contribution in [3.8, 4) is 5.75 Å². The van der Waals surface area contributed by atoms with E-state index in [9.17, 15) is 4.79 Å². The summed E-state index contributed by atoms with van der Waals surface area (Å²) in [6, 6.07) is 5.89. The lowest BCUT2D eigenvalue weighted by atomic mass is 10.1. The number of hydrogen-bond donors (Lipinski definition) is 0. The predicted octanol–water partition coefficient (Wildman–Crippen LogP) is 3.76. The third-order valence-corrected chi connectivity index (χ3v) is 3.61. The van der Waals surface area contributed by atoms with E-state index in [4.69, 9.17) is 4.74 Å². The summed E-state index contributed by atoms with van der Waals surface area (Å²) in [5.41, 5.74) is 2.03. The number of carbonyl (C=O) groups excluding carboxylic acids is 1. The fourth-order valence-electron chi connectivity index (χ4n) is 2.07. The van der Waals surface area contributed by atoms with Gasteiger partial charge in [0.05, 0.1) is 6.61 Å². The first-order valence-electron chi connectivity index (χ1n) is 6.16. The van der Waals surface area contributed by atoms with Gasteiger partial charge in [-0.25, -0.2) is 0 Å². The van der Waals surface area contributed by atoms with E-state index in [0.717, 1.165) is 36.1 Å². The number of benzene rings is 1. The molecule has 2 rings (SSSR count). The van der Waals surface area contributed by atoms with Crippen LogP contribution in [-0.4, -0.2) is 17.7 Å². The molecular weight excluding hydrogens is 280 g/mol. The smallest absolute Gasteiger partial charge is 0.163 e. The van der Waals surface area contributed by atoms with Gasteiger partial charge in [-0.2, -0.15) is 0 Å². The van der Waals surface area contributed by atoms with Gasteiger partial charge in [0.2, 0.25) is 0 Å². The summed E-state index contributed by atoms with van der Waals surface area (Å²) < 4.78 is 5.66. The van der Waals surface area contributed by atoms with Crippen LogP contribution in [0, 0.1) is 0 Å². The highest BCUT2D eigenvalue weighted by Crippen LogP contribution is 2.26. The highest BCUT2D eigenvalue weighted by molar-refractivity contribution is 9.09. The molecule has 1 aliphatic carbocycles. The molecule has 1 aliphatic rings. The van der Waals surface area contributed by atoms with Crippen molar-refractivity contribution in [2.45, 2.75) is 32.1 Å². The number of unbranched alkanes of at least 4 members (excludes halogenated alkanes) is 2. The van der Waals surface area contributed by atoms with Crippen LogP contribution in [0.25, 0.3) is 0 Å². The van der Waals surface area contributed by atoms with E-state index < -0.39 is 0 Å². The van der Waals surface area contributed by atoms with Crippen molar-refractivity contribution in [1.29, 1.82) is 0 Å². The number of fused-ring (bicyclic) bond motifs is 1. The van der Waals surface area contributed by atoms with Crippen LogP contribution in [-0.2, 0) is 6.42 Å². The fraction of sp³-hybridized carbons (Fsp3) is 0.500. The van der Waals surface area contributed by atoms with E-state index in [2.05, 4.69) is 15.9 Å². The summed E-state index contributed by atoms with van der Waals surface area (Å²) in [5, 5.41) is 1.06. The average molecular weight is 297 g/mol. The monoisotopic (exact) mass is 296 g/mol. The molecule has 0 unspecified atom stereocenters. The van der Waals surface area contributed by atoms with Crippen LogP contribution in [0.2, 0.25) is 0 Å². The van der Waals surface area contributed by atoms with Crippen molar-refractivity contribution in [1.82, 2.24) is 0 Å². The number of Topliss-reactive ketones (excluding diaryl/α,β-unsaturated/α-hetero) is 1. The summed E-state index contributed by atoms with van der Waals surface area (Å²) in [4.78, 5) is 11.6. The molecule has 2 nitrogen and oxygen atoms in total. The molecule has 0 bridgehead atoms. The highest BCUT2D eigenvalue weighted by atomic mass is 79.9. The Kier molecular flexibility index (Phi) is 4.60. The van der Waals surface area contributed by atoms with Gasteiger partial charge >= 0.3 is 0 Å². The molecule has 0 N–H and O–H groups in total. The topological polar surface area (TPSA) is 26.3 Å². The minimum Gasteiger partial charge on any atom is -0.494 e. The zero-order valence-corrected chi connectivity index (χ0v) is 11.5. The number of alkyl halides is 1. The first-order valence-corrected chi connectivity index (χ1v) is 7.28. The number of hydrogen-bond acceptors (Lipinski definition) is 2. The van der Waals surface area contributed by atoms with Gasteiger partial charge in [-0.1, -0.05) is 22.0 Å². The number of ketones is 1. The Bertz CT molecular complexity index is 401. The van der Waals surface area contributed by atoms with Gasteiger partial charge in [0, 0.05) is 17.3 Å². The van der Waals surface area contributed by atoms with E-state index in [1.54, 1.807) is 0 Å². The van der Waals surface area contributed by atoms with E-state index >= 15 is 0 Å². The first-order chi connectivity index (χ1) is 8.31. The van der Waals surface area contributed by atoms with Crippen LogP contribution in [0.1, 0.15) is 41.6 Å². The summed E-state index contributed by atoms with van der Waals surface area (Å²) in [6.45, 7) is 0.736. The lowest BCUT2D eigenvalue weighted by Crippen LogP contribution is -1.99. The maximum absolute atomic E-state index is 11.6. The van der Waals surface area contributed by atoms with Crippen LogP contribution in [0.15, 0.2) is 18.2 Å². The Morgan fingerprint density at radius 2 is 2.06 bits per heavy atom. The van der Waals surface area contributed by atoms with E-state index in [-0.39, 0.29) is 5.78 Å². The molecule has 0 saturated carbocycles. The lowest BCUT2D eigenvalue weighted by molar-refractivity contribution is 0.0994. The molecule has 92 valence electrons. The normalized spacial score (nSPS) is 13.8. The summed E-state index contributed by atoms with van der Waals surface area (Å²) in [7, 11) is 0. The largest absolute Gasteiger partial charge is 0.494 e. The van der Waals surface area contributed by atoms with Gasteiger partial charge in [0.25, 0.3) is 0 Å². The average Bonchev–Trinajstić information content (AvgIpc) is 2.71. The molecule has 0 aromatic heterocycles. The number of halogens is 1. The Balaban J connectivity index is 1.86. The van der Waals surface area contributed by atoms with Crippen LogP contribution in [0.5, 0.6) is 5.75 Å². The molecule has 0 saturated heterocycles. The fourth-order valence-corrected chi connectivity index (χ4v) is 2.47. The maximum atomic E-state index is 11.6. The van der Waals surface area contributed by atoms with Crippen molar-refractivity contribution in [2.24, 2.45) is 0 Å². The summed E-state index contributed by atoms with van der Waals surface area (Å²) in [5.74, 6) is 1.09. The molecular formula is C14H17BrO2. The number of aryl methyl sites for hydroxylation is 1. The molecule has 3 heteroatoms. The van der Waals surface area contributed by atoms with Crippen LogP contribution in [0.3, 0.4) is 0 Å². The Morgan fingerprint density at radius 3 is 2.88 bits per heavy atom. The minimum absolute atomic E-state index is 0.254. The molecule has 0 spiro atoms. The van der Waals surface area contributed by atoms with Gasteiger partial charge in [-0.05, 0) is 43.4 Å². The van der Waals surface area contributed by atoms with E-state index in [1.165, 1.54) is 18.4 Å². The van der Waals surface area contributed by atoms with E-state index in [0.29, 0.717) is 6.42 Å². The molecule has 1 aromatic rings. The van der Waals surface area contributed by atoms with Gasteiger partial charge in [0.1, 0.15) is 5.75 Å². The van der Waals surface area contributed by atoms with Crippen molar-refractivity contribution >= 4 is 21.7 Å². The minimum atomic E-state index is 0.254. The van der Waals surface area contributed by atoms with Crippen LogP contribution >= 0.6 is 15.9 Å². The Labute approximate surface area is 110 Å². The molecule has 17 heavy (non-hydrogen) atoms. The second-order valence-corrected chi connectivity index (χ2v) is 5.13. The van der Waals surface area contributed by atoms with Gasteiger partial charge in [-0.15, -0.1) is 0 Å². The molecule has 0 fully saturated rings. The van der Waals surface area contributed by atoms with E-state index in [1.807, 2.05) is 18.2 Å². The number of carbonyl (C=O) groups is 1. The van der Waals surface area contributed by atoms with Crippen molar-refractivity contribution in [3.05, 3.63) is 29.3 Å². The van der Waals surface area contributed by atoms with Gasteiger partial charge in [-0.3, -0.25) is 4.79 Å². The SMILES string of the molecule is O=C1CCc2ccc(OCCCCCBr)cc21. The third-order valence-electron chi connectivity index (χ3n) is 3.05. The van der Waals surface area contributed by atoms with Crippen LogP contribution in [0.4, 0.5) is 0 Å². The summed E-state index contributed by atoms with van der Waals surface area (Å²) in [6.07, 6.45) is 4.97. The number of rotatable bonds is 6. The second kappa shape index (κ2) is 6.20. The standard InChI is InChI=1S/C14H17BrO2/c15-8-2-1-3-9-17-12-6-4-11-5-7-14(16)13(11)10-12/h4,6,10H,1-3,5,7-9H2. The zero-order chi connectivity index (χ0) is 12.1.